The third kappa shape index (κ3) is 5.39. The van der Waals surface area contributed by atoms with Gasteiger partial charge in [0.25, 0.3) is 0 Å². The maximum absolute atomic E-state index is 6.22. The van der Waals surface area contributed by atoms with Gasteiger partial charge in [-0.1, -0.05) is 54.9 Å². The van der Waals surface area contributed by atoms with Crippen molar-refractivity contribution in [2.75, 3.05) is 36.1 Å². The number of nitrogens with zero attached hydrogens (tertiary/aromatic N) is 1. The van der Waals surface area contributed by atoms with Crippen LogP contribution in [0.25, 0.3) is 11.1 Å². The molecule has 5 heteroatoms. The van der Waals surface area contributed by atoms with Crippen molar-refractivity contribution in [3.05, 3.63) is 77.8 Å². The molecule has 0 aliphatic carbocycles. The molecule has 3 aromatic rings. The Kier molecular flexibility index (Phi) is 6.58. The van der Waals surface area contributed by atoms with Gasteiger partial charge in [-0.25, -0.2) is 5.01 Å². The van der Waals surface area contributed by atoms with Crippen LogP contribution in [0.15, 0.2) is 72.8 Å². The lowest BCUT2D eigenvalue weighted by Crippen LogP contribution is -2.34. The normalized spacial score (nSPS) is 10.8. The van der Waals surface area contributed by atoms with Gasteiger partial charge in [-0.05, 0) is 47.5 Å². The maximum atomic E-state index is 6.22. The standard InChI is InChI=1S/C22H25ClN4/c1-2-27(26-22-6-4-3-5-21(22)23)16-15-25-20-13-9-18(10-14-20)17-7-11-19(24)12-8-17/h3-14,25-26H,2,15-16,24H2,1H3. The molecule has 140 valence electrons. The summed E-state index contributed by atoms with van der Waals surface area (Å²) in [6.45, 7) is 4.67. The number of para-hydroxylation sites is 1. The smallest absolute Gasteiger partial charge is 0.0676 e. The van der Waals surface area contributed by atoms with Crippen LogP contribution in [0.4, 0.5) is 17.1 Å². The van der Waals surface area contributed by atoms with Gasteiger partial charge in [0.2, 0.25) is 0 Å². The Morgan fingerprint density at radius 3 is 2.15 bits per heavy atom. The number of anilines is 3. The van der Waals surface area contributed by atoms with Gasteiger partial charge in [0.15, 0.2) is 0 Å². The average Bonchev–Trinajstić information content (AvgIpc) is 2.70. The third-order valence-corrected chi connectivity index (χ3v) is 4.70. The number of nitrogen functional groups attached to an aromatic ring is 1. The fourth-order valence-corrected chi connectivity index (χ4v) is 2.98. The van der Waals surface area contributed by atoms with Crippen LogP contribution in [-0.2, 0) is 0 Å². The SMILES string of the molecule is CCN(CCNc1ccc(-c2ccc(N)cc2)cc1)Nc1ccccc1Cl. The van der Waals surface area contributed by atoms with E-state index in [2.05, 4.69) is 46.9 Å². The third-order valence-electron chi connectivity index (χ3n) is 4.37. The van der Waals surface area contributed by atoms with Crippen molar-refractivity contribution in [1.29, 1.82) is 0 Å². The summed E-state index contributed by atoms with van der Waals surface area (Å²) in [5.41, 5.74) is 14.3. The molecule has 4 N–H and O–H groups in total. The van der Waals surface area contributed by atoms with Gasteiger partial charge in [0.1, 0.15) is 0 Å². The van der Waals surface area contributed by atoms with Crippen molar-refractivity contribution < 1.29 is 0 Å². The Hall–Kier alpha value is -2.69. The molecular formula is C22H25ClN4. The second kappa shape index (κ2) is 9.31. The molecule has 4 nitrogen and oxygen atoms in total. The number of halogens is 1. The van der Waals surface area contributed by atoms with Gasteiger partial charge in [-0.2, -0.15) is 0 Å². The van der Waals surface area contributed by atoms with E-state index in [9.17, 15) is 0 Å². The van der Waals surface area contributed by atoms with Crippen molar-refractivity contribution >= 4 is 28.7 Å². The number of nitrogens with two attached hydrogens (primary N) is 1. The van der Waals surface area contributed by atoms with E-state index in [1.165, 1.54) is 5.56 Å². The minimum Gasteiger partial charge on any atom is -0.399 e. The van der Waals surface area contributed by atoms with E-state index in [1.54, 1.807) is 0 Å². The molecule has 0 aromatic heterocycles. The molecule has 0 atom stereocenters. The lowest BCUT2D eigenvalue weighted by Gasteiger charge is -2.23. The predicted octanol–water partition coefficient (Wildman–Crippen LogP) is 5.35. The van der Waals surface area contributed by atoms with Crippen LogP contribution in [0.2, 0.25) is 5.02 Å². The lowest BCUT2D eigenvalue weighted by molar-refractivity contribution is 0.361. The highest BCUT2D eigenvalue weighted by molar-refractivity contribution is 6.33. The monoisotopic (exact) mass is 380 g/mol. The zero-order chi connectivity index (χ0) is 19.1. The van der Waals surface area contributed by atoms with Crippen molar-refractivity contribution in [3.63, 3.8) is 0 Å². The van der Waals surface area contributed by atoms with Crippen LogP contribution < -0.4 is 16.5 Å². The largest absolute Gasteiger partial charge is 0.399 e. The number of likely N-dealkylation sites (N-methyl/N-ethyl adjacent to an activating group) is 1. The fraction of sp³-hybridized carbons (Fsp3) is 0.182. The second-order valence-electron chi connectivity index (χ2n) is 6.30. The molecule has 3 aromatic carbocycles. The van der Waals surface area contributed by atoms with Crippen LogP contribution in [0.3, 0.4) is 0 Å². The highest BCUT2D eigenvalue weighted by Gasteiger charge is 2.05. The zero-order valence-corrected chi connectivity index (χ0v) is 16.2. The first kappa shape index (κ1) is 19.1. The molecule has 0 saturated carbocycles. The Morgan fingerprint density at radius 2 is 1.52 bits per heavy atom. The minimum atomic E-state index is 0.724. The van der Waals surface area contributed by atoms with Crippen LogP contribution in [0.1, 0.15) is 6.92 Å². The minimum absolute atomic E-state index is 0.724. The highest BCUT2D eigenvalue weighted by Crippen LogP contribution is 2.23. The maximum Gasteiger partial charge on any atom is 0.0676 e. The van der Waals surface area contributed by atoms with E-state index in [0.717, 1.165) is 47.3 Å². The molecule has 0 bridgehead atoms. The molecular weight excluding hydrogens is 356 g/mol. The zero-order valence-electron chi connectivity index (χ0n) is 15.5. The van der Waals surface area contributed by atoms with Crippen molar-refractivity contribution in [1.82, 2.24) is 5.01 Å². The number of nitrogens with one attached hydrogen (secondary N) is 2. The molecule has 27 heavy (non-hydrogen) atoms. The first-order valence-corrected chi connectivity index (χ1v) is 9.49. The number of rotatable bonds is 8. The molecule has 0 spiro atoms. The highest BCUT2D eigenvalue weighted by atomic mass is 35.5. The molecule has 0 radical (unpaired) electrons. The van der Waals surface area contributed by atoms with Crippen LogP contribution >= 0.6 is 11.6 Å². The Labute approximate surface area is 165 Å². The molecule has 0 aliphatic rings. The summed E-state index contributed by atoms with van der Waals surface area (Å²) >= 11 is 6.22. The van der Waals surface area contributed by atoms with Crippen molar-refractivity contribution in [2.24, 2.45) is 0 Å². The number of benzene rings is 3. The number of hydrogen-bond donors (Lipinski definition) is 3. The fourth-order valence-electron chi connectivity index (χ4n) is 2.81. The molecule has 0 aliphatic heterocycles. The Bertz CT molecular complexity index is 847. The van der Waals surface area contributed by atoms with Crippen molar-refractivity contribution in [3.8, 4) is 11.1 Å². The van der Waals surface area contributed by atoms with Crippen LogP contribution in [-0.4, -0.2) is 24.6 Å². The van der Waals surface area contributed by atoms with Gasteiger partial charge in [-0.3, -0.25) is 0 Å². The van der Waals surface area contributed by atoms with E-state index in [1.807, 2.05) is 48.5 Å². The van der Waals surface area contributed by atoms with Gasteiger partial charge in [0, 0.05) is 31.0 Å². The van der Waals surface area contributed by atoms with E-state index in [4.69, 9.17) is 17.3 Å². The molecule has 0 fully saturated rings. The summed E-state index contributed by atoms with van der Waals surface area (Å²) in [5.74, 6) is 0. The molecule has 0 heterocycles. The average molecular weight is 381 g/mol. The molecule has 0 amide bonds. The summed E-state index contributed by atoms with van der Waals surface area (Å²) in [5, 5.41) is 6.32. The number of hydrazine groups is 1. The predicted molar refractivity (Wildman–Crippen MR) is 117 cm³/mol. The number of hydrogen-bond acceptors (Lipinski definition) is 4. The van der Waals surface area contributed by atoms with E-state index < -0.39 is 0 Å². The molecule has 0 unspecified atom stereocenters. The summed E-state index contributed by atoms with van der Waals surface area (Å²) in [6.07, 6.45) is 0. The Balaban J connectivity index is 1.52. The Morgan fingerprint density at radius 1 is 0.889 bits per heavy atom. The van der Waals surface area contributed by atoms with Crippen LogP contribution in [0.5, 0.6) is 0 Å². The lowest BCUT2D eigenvalue weighted by atomic mass is 10.1. The van der Waals surface area contributed by atoms with Gasteiger partial charge < -0.3 is 16.5 Å². The van der Waals surface area contributed by atoms with E-state index in [-0.39, 0.29) is 0 Å². The topological polar surface area (TPSA) is 53.3 Å². The first-order chi connectivity index (χ1) is 13.2. The summed E-state index contributed by atoms with van der Waals surface area (Å²) in [4.78, 5) is 0. The summed E-state index contributed by atoms with van der Waals surface area (Å²) < 4.78 is 0. The molecule has 3 rings (SSSR count). The van der Waals surface area contributed by atoms with E-state index in [0.29, 0.717) is 0 Å². The first-order valence-electron chi connectivity index (χ1n) is 9.11. The quantitative estimate of drug-likeness (QED) is 0.364. The van der Waals surface area contributed by atoms with Crippen molar-refractivity contribution in [2.45, 2.75) is 6.92 Å². The van der Waals surface area contributed by atoms with E-state index >= 15 is 0 Å². The van der Waals surface area contributed by atoms with Gasteiger partial charge in [-0.15, -0.1) is 0 Å². The second-order valence-corrected chi connectivity index (χ2v) is 6.70. The summed E-state index contributed by atoms with van der Waals surface area (Å²) in [6, 6.07) is 24.1. The van der Waals surface area contributed by atoms with Crippen LogP contribution in [0, 0.1) is 0 Å². The van der Waals surface area contributed by atoms with Gasteiger partial charge >= 0.3 is 0 Å². The molecule has 0 saturated heterocycles. The van der Waals surface area contributed by atoms with Gasteiger partial charge in [0.05, 0.1) is 10.7 Å². The summed E-state index contributed by atoms with van der Waals surface area (Å²) in [7, 11) is 0.